The molecule has 3 heteroatoms. The summed E-state index contributed by atoms with van der Waals surface area (Å²) in [6, 6.07) is 12.0. The van der Waals surface area contributed by atoms with Gasteiger partial charge in [0.2, 0.25) is 0 Å². The molecule has 102 valence electrons. The lowest BCUT2D eigenvalue weighted by atomic mass is 9.83. The van der Waals surface area contributed by atoms with Gasteiger partial charge >= 0.3 is 0 Å². The molecule has 0 aliphatic carbocycles. The predicted molar refractivity (Wildman–Crippen MR) is 77.4 cm³/mol. The Morgan fingerprint density at radius 3 is 2.63 bits per heavy atom. The van der Waals surface area contributed by atoms with E-state index in [0.717, 1.165) is 18.7 Å². The van der Waals surface area contributed by atoms with Crippen molar-refractivity contribution >= 4 is 0 Å². The molecule has 1 heterocycles. The van der Waals surface area contributed by atoms with Gasteiger partial charge in [-0.15, -0.1) is 0 Å². The van der Waals surface area contributed by atoms with Crippen molar-refractivity contribution in [3.63, 3.8) is 0 Å². The Bertz CT molecular complexity index is 461. The minimum absolute atomic E-state index is 0.325. The maximum Gasteiger partial charge on any atom is 0.142 e. The zero-order chi connectivity index (χ0) is 13.9. The Kier molecular flexibility index (Phi) is 3.93. The molecule has 2 rings (SSSR count). The fraction of sp³-hybridized carbons (Fsp3) is 0.562. The molecule has 0 saturated carbocycles. The molecule has 0 aromatic heterocycles. The summed E-state index contributed by atoms with van der Waals surface area (Å²) in [7, 11) is 0. The summed E-state index contributed by atoms with van der Waals surface area (Å²) in [5, 5.41) is 9.50. The van der Waals surface area contributed by atoms with Gasteiger partial charge < -0.3 is 5.73 Å². The van der Waals surface area contributed by atoms with Gasteiger partial charge in [0.15, 0.2) is 0 Å². The Morgan fingerprint density at radius 1 is 1.37 bits per heavy atom. The number of hydrogen-bond donors (Lipinski definition) is 1. The van der Waals surface area contributed by atoms with Crippen molar-refractivity contribution in [2.75, 3.05) is 19.6 Å². The molecule has 0 bridgehead atoms. The van der Waals surface area contributed by atoms with Gasteiger partial charge in [0.25, 0.3) is 0 Å². The van der Waals surface area contributed by atoms with Gasteiger partial charge in [-0.3, -0.25) is 4.90 Å². The molecule has 1 aromatic carbocycles. The molecular formula is C16H23N3. The molecule has 19 heavy (non-hydrogen) atoms. The van der Waals surface area contributed by atoms with Crippen LogP contribution in [0.4, 0.5) is 0 Å². The zero-order valence-electron chi connectivity index (χ0n) is 11.9. The normalized spacial score (nSPS) is 22.4. The third kappa shape index (κ3) is 3.34. The summed E-state index contributed by atoms with van der Waals surface area (Å²) < 4.78 is 0. The predicted octanol–water partition coefficient (Wildman–Crippen LogP) is 2.49. The van der Waals surface area contributed by atoms with Gasteiger partial charge in [-0.05, 0) is 30.4 Å². The zero-order valence-corrected chi connectivity index (χ0v) is 11.9. The Morgan fingerprint density at radius 2 is 2.05 bits per heavy atom. The van der Waals surface area contributed by atoms with Crippen molar-refractivity contribution in [3.8, 4) is 6.07 Å². The number of piperidine rings is 1. The standard InChI is InChI=1S/C16H23N3/c1-15(2)9-6-10-19(12-15)13-16(18,11-17)14-7-4-3-5-8-14/h3-5,7-8H,6,9-10,12-13,18H2,1-2H3. The van der Waals surface area contributed by atoms with E-state index in [2.05, 4.69) is 24.8 Å². The minimum atomic E-state index is -0.908. The Balaban J connectivity index is 2.13. The van der Waals surface area contributed by atoms with Gasteiger partial charge in [0, 0.05) is 13.1 Å². The molecule has 1 aromatic rings. The summed E-state index contributed by atoms with van der Waals surface area (Å²) in [6.07, 6.45) is 2.43. The topological polar surface area (TPSA) is 53.0 Å². The third-order valence-electron chi connectivity index (χ3n) is 3.94. The molecule has 1 unspecified atom stereocenters. The van der Waals surface area contributed by atoms with Crippen LogP contribution in [0, 0.1) is 16.7 Å². The second kappa shape index (κ2) is 5.32. The van der Waals surface area contributed by atoms with E-state index in [1.165, 1.54) is 12.8 Å². The molecule has 0 radical (unpaired) electrons. The van der Waals surface area contributed by atoms with Crippen molar-refractivity contribution < 1.29 is 0 Å². The SMILES string of the molecule is CC1(C)CCCN(CC(N)(C#N)c2ccccc2)C1. The van der Waals surface area contributed by atoms with Crippen LogP contribution in [0.15, 0.2) is 30.3 Å². The Labute approximate surface area is 116 Å². The van der Waals surface area contributed by atoms with Crippen LogP contribution in [0.5, 0.6) is 0 Å². The van der Waals surface area contributed by atoms with Gasteiger partial charge in [-0.1, -0.05) is 44.2 Å². The highest BCUT2D eigenvalue weighted by Crippen LogP contribution is 2.30. The summed E-state index contributed by atoms with van der Waals surface area (Å²) in [5.74, 6) is 0. The van der Waals surface area contributed by atoms with Crippen LogP contribution < -0.4 is 5.73 Å². The fourth-order valence-corrected chi connectivity index (χ4v) is 2.96. The summed E-state index contributed by atoms with van der Waals surface area (Å²) in [4.78, 5) is 2.33. The Hall–Kier alpha value is -1.37. The van der Waals surface area contributed by atoms with Crippen molar-refractivity contribution in [2.45, 2.75) is 32.2 Å². The van der Waals surface area contributed by atoms with Crippen LogP contribution in [-0.4, -0.2) is 24.5 Å². The smallest absolute Gasteiger partial charge is 0.142 e. The van der Waals surface area contributed by atoms with E-state index in [1.54, 1.807) is 0 Å². The summed E-state index contributed by atoms with van der Waals surface area (Å²) in [5.41, 5.74) is 6.66. The van der Waals surface area contributed by atoms with E-state index in [9.17, 15) is 5.26 Å². The molecule has 1 atom stereocenters. The highest BCUT2D eigenvalue weighted by atomic mass is 15.2. The second-order valence-electron chi connectivity index (χ2n) is 6.43. The first-order valence-corrected chi connectivity index (χ1v) is 6.93. The van der Waals surface area contributed by atoms with E-state index in [-0.39, 0.29) is 0 Å². The lowest BCUT2D eigenvalue weighted by Gasteiger charge is -2.40. The molecule has 1 aliphatic rings. The van der Waals surface area contributed by atoms with Crippen LogP contribution in [0.2, 0.25) is 0 Å². The van der Waals surface area contributed by atoms with E-state index in [0.29, 0.717) is 12.0 Å². The number of nitrogens with zero attached hydrogens (tertiary/aromatic N) is 2. The van der Waals surface area contributed by atoms with E-state index < -0.39 is 5.54 Å². The lowest BCUT2D eigenvalue weighted by molar-refractivity contribution is 0.103. The van der Waals surface area contributed by atoms with Crippen LogP contribution in [0.25, 0.3) is 0 Å². The molecular weight excluding hydrogens is 234 g/mol. The summed E-state index contributed by atoms with van der Waals surface area (Å²) >= 11 is 0. The average Bonchev–Trinajstić information content (AvgIpc) is 2.38. The van der Waals surface area contributed by atoms with Gasteiger partial charge in [0.05, 0.1) is 6.07 Å². The molecule has 1 aliphatic heterocycles. The van der Waals surface area contributed by atoms with E-state index >= 15 is 0 Å². The van der Waals surface area contributed by atoms with Crippen LogP contribution in [0.1, 0.15) is 32.3 Å². The number of nitrogens with two attached hydrogens (primary N) is 1. The maximum absolute atomic E-state index is 9.50. The fourth-order valence-electron chi connectivity index (χ4n) is 2.96. The first-order chi connectivity index (χ1) is 8.95. The third-order valence-corrected chi connectivity index (χ3v) is 3.94. The number of benzene rings is 1. The van der Waals surface area contributed by atoms with Crippen molar-refractivity contribution in [1.82, 2.24) is 4.90 Å². The monoisotopic (exact) mass is 257 g/mol. The van der Waals surface area contributed by atoms with Gasteiger partial charge in [-0.2, -0.15) is 5.26 Å². The van der Waals surface area contributed by atoms with Crippen molar-refractivity contribution in [2.24, 2.45) is 11.1 Å². The molecule has 1 saturated heterocycles. The molecule has 1 fully saturated rings. The second-order valence-corrected chi connectivity index (χ2v) is 6.43. The van der Waals surface area contributed by atoms with Crippen molar-refractivity contribution in [1.29, 1.82) is 5.26 Å². The highest BCUT2D eigenvalue weighted by Gasteiger charge is 2.34. The molecule has 0 spiro atoms. The number of rotatable bonds is 3. The first-order valence-electron chi connectivity index (χ1n) is 6.93. The maximum atomic E-state index is 9.50. The van der Waals surface area contributed by atoms with Crippen LogP contribution in [-0.2, 0) is 5.54 Å². The number of likely N-dealkylation sites (tertiary alicyclic amines) is 1. The minimum Gasteiger partial charge on any atom is -0.309 e. The summed E-state index contributed by atoms with van der Waals surface area (Å²) in [6.45, 7) is 7.23. The molecule has 3 nitrogen and oxygen atoms in total. The first kappa shape index (κ1) is 14.0. The number of nitriles is 1. The average molecular weight is 257 g/mol. The molecule has 0 amide bonds. The lowest BCUT2D eigenvalue weighted by Crippen LogP contribution is -2.51. The molecule has 2 N–H and O–H groups in total. The van der Waals surface area contributed by atoms with Crippen molar-refractivity contribution in [3.05, 3.63) is 35.9 Å². The van der Waals surface area contributed by atoms with E-state index in [1.807, 2.05) is 30.3 Å². The van der Waals surface area contributed by atoms with Gasteiger partial charge in [-0.25, -0.2) is 0 Å². The highest BCUT2D eigenvalue weighted by molar-refractivity contribution is 5.31. The quantitative estimate of drug-likeness (QED) is 0.905. The van der Waals surface area contributed by atoms with E-state index in [4.69, 9.17) is 5.73 Å². The number of hydrogen-bond acceptors (Lipinski definition) is 3. The largest absolute Gasteiger partial charge is 0.309 e. The van der Waals surface area contributed by atoms with Crippen LogP contribution >= 0.6 is 0 Å². The van der Waals surface area contributed by atoms with Gasteiger partial charge in [0.1, 0.15) is 5.54 Å². The van der Waals surface area contributed by atoms with Crippen LogP contribution in [0.3, 0.4) is 0 Å².